The molecule has 0 fully saturated rings. The molecule has 60 valence electrons. The zero-order valence-corrected chi connectivity index (χ0v) is 7.64. The van der Waals surface area contributed by atoms with Gasteiger partial charge in [-0.2, -0.15) is 0 Å². The van der Waals surface area contributed by atoms with Gasteiger partial charge in [-0.05, 0) is 32.3 Å². The molecule has 0 aliphatic carbocycles. The molecule has 0 spiro atoms. The third-order valence-corrected chi connectivity index (χ3v) is 2.02. The summed E-state index contributed by atoms with van der Waals surface area (Å²) in [5.74, 6) is 0. The summed E-state index contributed by atoms with van der Waals surface area (Å²) in [4.78, 5) is 0. The van der Waals surface area contributed by atoms with Gasteiger partial charge in [0.15, 0.2) is 0 Å². The quantitative estimate of drug-likeness (QED) is 0.527. The summed E-state index contributed by atoms with van der Waals surface area (Å²) >= 11 is 3.75. The lowest BCUT2D eigenvalue weighted by molar-refractivity contribution is 0.279. The van der Waals surface area contributed by atoms with Gasteiger partial charge in [-0.1, -0.05) is 29.8 Å². The fraction of sp³-hybridized carbons (Fsp3) is 0.333. The van der Waals surface area contributed by atoms with Crippen LogP contribution in [-0.4, -0.2) is 0 Å². The van der Waals surface area contributed by atoms with Crippen molar-refractivity contribution in [2.24, 2.45) is 0 Å². The molecule has 0 saturated carbocycles. The van der Waals surface area contributed by atoms with Gasteiger partial charge in [0.25, 0.3) is 0 Å². The van der Waals surface area contributed by atoms with Gasteiger partial charge in [0.05, 0.1) is 6.10 Å². The highest BCUT2D eigenvalue weighted by Gasteiger charge is 2.01. The van der Waals surface area contributed by atoms with Crippen molar-refractivity contribution in [2.45, 2.75) is 20.0 Å². The van der Waals surface area contributed by atoms with Crippen molar-refractivity contribution >= 4 is 12.9 Å². The normalized spacial score (nSPS) is 13.0. The van der Waals surface area contributed by atoms with Gasteiger partial charge in [-0.15, -0.1) is 0 Å². The maximum Gasteiger partial charge on any atom is 0.0940 e. The molecule has 0 radical (unpaired) electrons. The summed E-state index contributed by atoms with van der Waals surface area (Å²) < 4.78 is 4.87. The van der Waals surface area contributed by atoms with Crippen molar-refractivity contribution in [3.8, 4) is 0 Å². The van der Waals surface area contributed by atoms with Crippen LogP contribution in [0.3, 0.4) is 0 Å². The molecule has 1 atom stereocenters. The summed E-state index contributed by atoms with van der Waals surface area (Å²) in [6.07, 6.45) is 0.0685. The third kappa shape index (κ3) is 2.24. The van der Waals surface area contributed by atoms with E-state index in [1.165, 1.54) is 5.56 Å². The van der Waals surface area contributed by atoms with E-state index in [0.717, 1.165) is 5.56 Å². The van der Waals surface area contributed by atoms with Gasteiger partial charge < -0.3 is 4.18 Å². The van der Waals surface area contributed by atoms with E-state index in [1.807, 2.05) is 6.92 Å². The van der Waals surface area contributed by atoms with Crippen LogP contribution < -0.4 is 0 Å². The molecule has 1 nitrogen and oxygen atoms in total. The molecular weight excluding hydrogens is 156 g/mol. The van der Waals surface area contributed by atoms with Crippen LogP contribution in [0, 0.1) is 6.92 Å². The Balaban J connectivity index is 2.81. The molecule has 1 aromatic rings. The fourth-order valence-corrected chi connectivity index (χ4v) is 1.02. The Morgan fingerprint density at radius 3 is 2.27 bits per heavy atom. The van der Waals surface area contributed by atoms with Gasteiger partial charge in [0, 0.05) is 0 Å². The Morgan fingerprint density at radius 2 is 1.82 bits per heavy atom. The summed E-state index contributed by atoms with van der Waals surface area (Å²) in [7, 11) is 0. The minimum Gasteiger partial charge on any atom is -0.311 e. The van der Waals surface area contributed by atoms with Crippen LogP contribution in [0.4, 0.5) is 0 Å². The maximum atomic E-state index is 4.87. The van der Waals surface area contributed by atoms with Crippen molar-refractivity contribution in [1.82, 2.24) is 0 Å². The van der Waals surface area contributed by atoms with Crippen molar-refractivity contribution in [3.63, 3.8) is 0 Å². The van der Waals surface area contributed by atoms with E-state index in [1.54, 1.807) is 0 Å². The van der Waals surface area contributed by atoms with Crippen LogP contribution in [0.15, 0.2) is 24.3 Å². The van der Waals surface area contributed by atoms with E-state index in [-0.39, 0.29) is 6.10 Å². The standard InChI is InChI=1S/C9H12OS/c1-7-3-5-9(6-4-7)8(2)10-11/h3-6,8,11H,1-2H3. The lowest BCUT2D eigenvalue weighted by Gasteiger charge is -2.07. The summed E-state index contributed by atoms with van der Waals surface area (Å²) in [5, 5.41) is 0. The predicted octanol–water partition coefficient (Wildman–Crippen LogP) is 2.92. The SMILES string of the molecule is Cc1ccc(C(C)OS)cc1. The number of aryl methyl sites for hydroxylation is 1. The molecule has 0 N–H and O–H groups in total. The van der Waals surface area contributed by atoms with E-state index in [2.05, 4.69) is 44.1 Å². The first-order valence-corrected chi connectivity index (χ1v) is 3.97. The molecule has 0 bridgehead atoms. The number of thiol groups is 1. The lowest BCUT2D eigenvalue weighted by atomic mass is 10.1. The largest absolute Gasteiger partial charge is 0.311 e. The number of rotatable bonds is 2. The van der Waals surface area contributed by atoms with E-state index in [4.69, 9.17) is 4.18 Å². The van der Waals surface area contributed by atoms with Gasteiger partial charge in [0.2, 0.25) is 0 Å². The van der Waals surface area contributed by atoms with E-state index < -0.39 is 0 Å². The molecule has 0 saturated heterocycles. The molecule has 2 heteroatoms. The Labute approximate surface area is 73.0 Å². The molecule has 11 heavy (non-hydrogen) atoms. The average Bonchev–Trinajstić information content (AvgIpc) is 2.05. The van der Waals surface area contributed by atoms with Gasteiger partial charge >= 0.3 is 0 Å². The third-order valence-electron chi connectivity index (χ3n) is 1.70. The Kier molecular flexibility index (Phi) is 2.97. The summed E-state index contributed by atoms with van der Waals surface area (Å²) in [6.45, 7) is 4.04. The van der Waals surface area contributed by atoms with Gasteiger partial charge in [-0.25, -0.2) is 0 Å². The molecule has 1 rings (SSSR count). The number of hydrogen-bond donors (Lipinski definition) is 1. The fourth-order valence-electron chi connectivity index (χ4n) is 0.898. The van der Waals surface area contributed by atoms with Crippen molar-refractivity contribution in [2.75, 3.05) is 0 Å². The smallest absolute Gasteiger partial charge is 0.0940 e. The van der Waals surface area contributed by atoms with Gasteiger partial charge in [0.1, 0.15) is 0 Å². The Morgan fingerprint density at radius 1 is 1.27 bits per heavy atom. The average molecular weight is 168 g/mol. The molecule has 0 aliphatic heterocycles. The van der Waals surface area contributed by atoms with Crippen LogP contribution in [0.2, 0.25) is 0 Å². The van der Waals surface area contributed by atoms with Gasteiger partial charge in [-0.3, -0.25) is 0 Å². The zero-order valence-electron chi connectivity index (χ0n) is 6.74. The van der Waals surface area contributed by atoms with Crippen LogP contribution in [0.25, 0.3) is 0 Å². The molecular formula is C9H12OS. The molecule has 1 aromatic carbocycles. The van der Waals surface area contributed by atoms with E-state index in [0.29, 0.717) is 0 Å². The minimum absolute atomic E-state index is 0.0685. The number of hydrogen-bond acceptors (Lipinski definition) is 2. The molecule has 0 aliphatic rings. The molecule has 0 aromatic heterocycles. The Bertz CT molecular complexity index is 218. The minimum atomic E-state index is 0.0685. The first-order valence-electron chi connectivity index (χ1n) is 3.61. The highest BCUT2D eigenvalue weighted by Crippen LogP contribution is 2.17. The number of benzene rings is 1. The monoisotopic (exact) mass is 168 g/mol. The molecule has 0 heterocycles. The van der Waals surface area contributed by atoms with Crippen LogP contribution in [-0.2, 0) is 4.18 Å². The lowest BCUT2D eigenvalue weighted by Crippen LogP contribution is -1.91. The van der Waals surface area contributed by atoms with Crippen molar-refractivity contribution in [3.05, 3.63) is 35.4 Å². The second kappa shape index (κ2) is 3.79. The molecule has 1 unspecified atom stereocenters. The van der Waals surface area contributed by atoms with Crippen molar-refractivity contribution < 1.29 is 4.18 Å². The van der Waals surface area contributed by atoms with Crippen LogP contribution in [0.1, 0.15) is 24.2 Å². The predicted molar refractivity (Wildman–Crippen MR) is 49.7 cm³/mol. The first-order chi connectivity index (χ1) is 5.24. The maximum absolute atomic E-state index is 4.87. The van der Waals surface area contributed by atoms with E-state index >= 15 is 0 Å². The van der Waals surface area contributed by atoms with E-state index in [9.17, 15) is 0 Å². The Hall–Kier alpha value is -0.470. The second-order valence-corrected chi connectivity index (χ2v) is 2.87. The topological polar surface area (TPSA) is 9.23 Å². The van der Waals surface area contributed by atoms with Crippen LogP contribution >= 0.6 is 12.9 Å². The first kappa shape index (κ1) is 8.62. The zero-order chi connectivity index (χ0) is 8.27. The van der Waals surface area contributed by atoms with Crippen LogP contribution in [0.5, 0.6) is 0 Å². The second-order valence-electron chi connectivity index (χ2n) is 2.66. The summed E-state index contributed by atoms with van der Waals surface area (Å²) in [6, 6.07) is 8.24. The highest BCUT2D eigenvalue weighted by molar-refractivity contribution is 7.75. The summed E-state index contributed by atoms with van der Waals surface area (Å²) in [5.41, 5.74) is 2.42. The van der Waals surface area contributed by atoms with Crippen molar-refractivity contribution in [1.29, 1.82) is 0 Å². The molecule has 0 amide bonds. The highest BCUT2D eigenvalue weighted by atomic mass is 32.1.